The minimum atomic E-state index is 0.582. The molecule has 0 aliphatic heterocycles. The molecule has 2 atom stereocenters. The molecule has 0 bridgehead atoms. The highest BCUT2D eigenvalue weighted by molar-refractivity contribution is 7.11. The van der Waals surface area contributed by atoms with Crippen LogP contribution in [0.4, 0.5) is 0 Å². The summed E-state index contributed by atoms with van der Waals surface area (Å²) in [6.45, 7) is 8.24. The molecule has 0 spiro atoms. The van der Waals surface area contributed by atoms with Crippen LogP contribution < -0.4 is 10.6 Å². The zero-order chi connectivity index (χ0) is 15.8. The SMILES string of the molecule is CCNC(=NCCc1ncc(C)s1)NC1CCCC(CC)C1. The molecule has 1 aliphatic rings. The van der Waals surface area contributed by atoms with Gasteiger partial charge in [-0.3, -0.25) is 4.99 Å². The number of guanidine groups is 1. The molecule has 2 N–H and O–H groups in total. The van der Waals surface area contributed by atoms with E-state index in [9.17, 15) is 0 Å². The number of aliphatic imine (C=N–C) groups is 1. The summed E-state index contributed by atoms with van der Waals surface area (Å²) in [7, 11) is 0. The fraction of sp³-hybridized carbons (Fsp3) is 0.765. The molecule has 1 aliphatic carbocycles. The molecule has 4 nitrogen and oxygen atoms in total. The van der Waals surface area contributed by atoms with Crippen LogP contribution >= 0.6 is 11.3 Å². The van der Waals surface area contributed by atoms with Crippen molar-refractivity contribution in [2.45, 2.75) is 65.3 Å². The van der Waals surface area contributed by atoms with Crippen LogP contribution in [0.1, 0.15) is 55.8 Å². The Kier molecular flexibility index (Phi) is 7.16. The van der Waals surface area contributed by atoms with Crippen molar-refractivity contribution in [3.05, 3.63) is 16.1 Å². The van der Waals surface area contributed by atoms with E-state index >= 15 is 0 Å². The molecule has 0 saturated heterocycles. The van der Waals surface area contributed by atoms with Crippen molar-refractivity contribution in [2.75, 3.05) is 13.1 Å². The Morgan fingerprint density at radius 1 is 1.41 bits per heavy atom. The summed E-state index contributed by atoms with van der Waals surface area (Å²) in [6, 6.07) is 0.582. The zero-order valence-electron chi connectivity index (χ0n) is 14.2. The number of hydrogen-bond donors (Lipinski definition) is 2. The number of aromatic nitrogens is 1. The molecule has 0 amide bonds. The molecule has 5 heteroatoms. The number of nitrogens with one attached hydrogen (secondary N) is 2. The van der Waals surface area contributed by atoms with Gasteiger partial charge in [-0.15, -0.1) is 11.3 Å². The fourth-order valence-electron chi connectivity index (χ4n) is 3.09. The van der Waals surface area contributed by atoms with Crippen LogP contribution in [0, 0.1) is 12.8 Å². The van der Waals surface area contributed by atoms with E-state index in [0.717, 1.165) is 31.4 Å². The Balaban J connectivity index is 1.83. The van der Waals surface area contributed by atoms with E-state index in [1.807, 2.05) is 6.20 Å². The van der Waals surface area contributed by atoms with Crippen molar-refractivity contribution in [3.63, 3.8) is 0 Å². The van der Waals surface area contributed by atoms with Gasteiger partial charge in [0, 0.05) is 36.6 Å². The maximum atomic E-state index is 4.72. The average Bonchev–Trinajstić information content (AvgIpc) is 2.93. The van der Waals surface area contributed by atoms with Crippen molar-refractivity contribution in [3.8, 4) is 0 Å². The van der Waals surface area contributed by atoms with E-state index in [2.05, 4.69) is 36.4 Å². The standard InChI is InChI=1S/C17H30N4S/c1-4-14-7-6-8-15(11-14)21-17(18-5-2)19-10-9-16-20-12-13(3)22-16/h12,14-15H,4-11H2,1-3H3,(H2,18,19,21). The first kappa shape index (κ1) is 17.3. The first-order chi connectivity index (χ1) is 10.7. The Morgan fingerprint density at radius 2 is 2.27 bits per heavy atom. The molecule has 1 aromatic rings. The van der Waals surface area contributed by atoms with Crippen LogP contribution in [0.3, 0.4) is 0 Å². The van der Waals surface area contributed by atoms with Gasteiger partial charge >= 0.3 is 0 Å². The smallest absolute Gasteiger partial charge is 0.191 e. The van der Waals surface area contributed by atoms with Crippen LogP contribution in [-0.2, 0) is 6.42 Å². The topological polar surface area (TPSA) is 49.3 Å². The predicted octanol–water partition coefficient (Wildman–Crippen LogP) is 3.52. The normalized spacial score (nSPS) is 22.6. The molecule has 22 heavy (non-hydrogen) atoms. The minimum Gasteiger partial charge on any atom is -0.357 e. The fourth-order valence-corrected chi connectivity index (χ4v) is 3.86. The summed E-state index contributed by atoms with van der Waals surface area (Å²) >= 11 is 1.77. The van der Waals surface area contributed by atoms with Gasteiger partial charge < -0.3 is 10.6 Å². The zero-order valence-corrected chi connectivity index (χ0v) is 15.0. The highest BCUT2D eigenvalue weighted by Crippen LogP contribution is 2.26. The van der Waals surface area contributed by atoms with E-state index in [-0.39, 0.29) is 0 Å². The highest BCUT2D eigenvalue weighted by Gasteiger charge is 2.21. The summed E-state index contributed by atoms with van der Waals surface area (Å²) in [5, 5.41) is 8.19. The number of nitrogens with zero attached hydrogens (tertiary/aromatic N) is 2. The van der Waals surface area contributed by atoms with E-state index in [4.69, 9.17) is 4.99 Å². The average molecular weight is 323 g/mol. The van der Waals surface area contributed by atoms with Crippen LogP contribution in [0.25, 0.3) is 0 Å². The molecule has 124 valence electrons. The molecule has 2 unspecified atom stereocenters. The molecule has 0 aromatic carbocycles. The van der Waals surface area contributed by atoms with Crippen molar-refractivity contribution in [2.24, 2.45) is 10.9 Å². The molecular weight excluding hydrogens is 292 g/mol. The number of aryl methyl sites for hydroxylation is 1. The molecule has 1 saturated carbocycles. The lowest BCUT2D eigenvalue weighted by Gasteiger charge is -2.30. The summed E-state index contributed by atoms with van der Waals surface area (Å²) in [6.07, 6.45) is 9.46. The monoisotopic (exact) mass is 322 g/mol. The highest BCUT2D eigenvalue weighted by atomic mass is 32.1. The van der Waals surface area contributed by atoms with E-state index < -0.39 is 0 Å². The Hall–Kier alpha value is -1.10. The Morgan fingerprint density at radius 3 is 2.95 bits per heavy atom. The predicted molar refractivity (Wildman–Crippen MR) is 95.7 cm³/mol. The maximum absolute atomic E-state index is 4.72. The van der Waals surface area contributed by atoms with Crippen LogP contribution in [0.5, 0.6) is 0 Å². The lowest BCUT2D eigenvalue weighted by atomic mass is 9.84. The second-order valence-electron chi connectivity index (χ2n) is 6.16. The van der Waals surface area contributed by atoms with Gasteiger partial charge in [0.05, 0.1) is 5.01 Å². The number of rotatable bonds is 6. The number of hydrogen-bond acceptors (Lipinski definition) is 3. The minimum absolute atomic E-state index is 0.582. The molecular formula is C17H30N4S. The second-order valence-corrected chi connectivity index (χ2v) is 7.48. The van der Waals surface area contributed by atoms with Gasteiger partial charge in [0.25, 0.3) is 0 Å². The number of thiazole rings is 1. The van der Waals surface area contributed by atoms with Gasteiger partial charge in [-0.25, -0.2) is 4.98 Å². The van der Waals surface area contributed by atoms with Crippen molar-refractivity contribution in [1.82, 2.24) is 15.6 Å². The van der Waals surface area contributed by atoms with Gasteiger partial charge in [-0.1, -0.05) is 26.2 Å². The molecule has 1 heterocycles. The molecule has 1 fully saturated rings. The lowest BCUT2D eigenvalue weighted by molar-refractivity contribution is 0.298. The molecule has 1 aromatic heterocycles. The third-order valence-corrected chi connectivity index (χ3v) is 5.28. The van der Waals surface area contributed by atoms with Crippen molar-refractivity contribution >= 4 is 17.3 Å². The Bertz CT molecular complexity index is 469. The summed E-state index contributed by atoms with van der Waals surface area (Å²) < 4.78 is 0. The summed E-state index contributed by atoms with van der Waals surface area (Å²) in [5.74, 6) is 1.85. The van der Waals surface area contributed by atoms with Crippen LogP contribution in [0.2, 0.25) is 0 Å². The quantitative estimate of drug-likeness (QED) is 0.622. The maximum Gasteiger partial charge on any atom is 0.191 e. The third kappa shape index (κ3) is 5.59. The molecule has 0 radical (unpaired) electrons. The summed E-state index contributed by atoms with van der Waals surface area (Å²) in [4.78, 5) is 10.4. The van der Waals surface area contributed by atoms with Crippen LogP contribution in [-0.4, -0.2) is 30.1 Å². The largest absolute Gasteiger partial charge is 0.357 e. The third-order valence-electron chi connectivity index (χ3n) is 4.31. The first-order valence-corrected chi connectivity index (χ1v) is 9.49. The van der Waals surface area contributed by atoms with E-state index in [1.54, 1.807) is 11.3 Å². The van der Waals surface area contributed by atoms with E-state index in [0.29, 0.717) is 6.04 Å². The van der Waals surface area contributed by atoms with Gasteiger partial charge in [-0.2, -0.15) is 0 Å². The second kappa shape index (κ2) is 9.13. The Labute approximate surface area is 138 Å². The van der Waals surface area contributed by atoms with Gasteiger partial charge in [0.2, 0.25) is 0 Å². The van der Waals surface area contributed by atoms with Gasteiger partial charge in [-0.05, 0) is 32.6 Å². The van der Waals surface area contributed by atoms with Gasteiger partial charge in [0.1, 0.15) is 0 Å². The molecule has 2 rings (SSSR count). The van der Waals surface area contributed by atoms with Gasteiger partial charge in [0.15, 0.2) is 5.96 Å². The van der Waals surface area contributed by atoms with Crippen LogP contribution in [0.15, 0.2) is 11.2 Å². The van der Waals surface area contributed by atoms with Crippen molar-refractivity contribution in [1.29, 1.82) is 0 Å². The summed E-state index contributed by atoms with van der Waals surface area (Å²) in [5.41, 5.74) is 0. The van der Waals surface area contributed by atoms with Crippen molar-refractivity contribution < 1.29 is 0 Å². The first-order valence-electron chi connectivity index (χ1n) is 8.67. The van der Waals surface area contributed by atoms with E-state index in [1.165, 1.54) is 42.0 Å². The lowest BCUT2D eigenvalue weighted by Crippen LogP contribution is -2.45.